The van der Waals surface area contributed by atoms with Crippen LogP contribution in [0.2, 0.25) is 0 Å². The molecule has 0 aliphatic carbocycles. The summed E-state index contributed by atoms with van der Waals surface area (Å²) in [6, 6.07) is 7.29. The van der Waals surface area contributed by atoms with Gasteiger partial charge in [0.1, 0.15) is 0 Å². The van der Waals surface area contributed by atoms with Crippen molar-refractivity contribution in [3.8, 4) is 0 Å². The fourth-order valence-electron chi connectivity index (χ4n) is 1.51. The number of carbonyl (C=O) groups excluding carboxylic acids is 1. The molecule has 0 spiro atoms. The summed E-state index contributed by atoms with van der Waals surface area (Å²) < 4.78 is 5.04. The van der Waals surface area contributed by atoms with Crippen molar-refractivity contribution in [3.63, 3.8) is 0 Å². The topological polar surface area (TPSA) is 55.6 Å². The Hall–Kier alpha value is -1.55. The molecule has 0 bridgehead atoms. The molecule has 1 aromatic rings. The van der Waals surface area contributed by atoms with E-state index in [0.717, 1.165) is 18.8 Å². The SMILES string of the molecule is CCN(CCOC)c1ccc(C(N)=O)cc1. The molecule has 2 N–H and O–H groups in total. The van der Waals surface area contributed by atoms with Gasteiger partial charge in [0, 0.05) is 31.5 Å². The number of ether oxygens (including phenoxy) is 1. The van der Waals surface area contributed by atoms with Crippen LogP contribution >= 0.6 is 0 Å². The molecule has 1 amide bonds. The summed E-state index contributed by atoms with van der Waals surface area (Å²) in [5, 5.41) is 0. The van der Waals surface area contributed by atoms with Crippen molar-refractivity contribution in [2.75, 3.05) is 31.7 Å². The molecule has 1 rings (SSSR count). The number of nitrogens with zero attached hydrogens (tertiary/aromatic N) is 1. The minimum atomic E-state index is -0.397. The van der Waals surface area contributed by atoms with Crippen LogP contribution in [0.4, 0.5) is 5.69 Å². The first-order valence-electron chi connectivity index (χ1n) is 5.32. The maximum absolute atomic E-state index is 10.9. The van der Waals surface area contributed by atoms with Gasteiger partial charge in [-0.15, -0.1) is 0 Å². The fraction of sp³-hybridized carbons (Fsp3) is 0.417. The molecule has 0 heterocycles. The molecule has 0 fully saturated rings. The monoisotopic (exact) mass is 222 g/mol. The van der Waals surface area contributed by atoms with E-state index in [1.807, 2.05) is 12.1 Å². The minimum absolute atomic E-state index is 0.397. The predicted molar refractivity (Wildman–Crippen MR) is 64.7 cm³/mol. The lowest BCUT2D eigenvalue weighted by Crippen LogP contribution is -2.26. The van der Waals surface area contributed by atoms with Gasteiger partial charge in [-0.2, -0.15) is 0 Å². The molecule has 0 aliphatic heterocycles. The number of likely N-dealkylation sites (N-methyl/N-ethyl adjacent to an activating group) is 1. The van der Waals surface area contributed by atoms with Gasteiger partial charge in [-0.1, -0.05) is 0 Å². The second-order valence-electron chi connectivity index (χ2n) is 3.48. The Labute approximate surface area is 96.0 Å². The third-order valence-electron chi connectivity index (χ3n) is 2.46. The lowest BCUT2D eigenvalue weighted by atomic mass is 10.2. The number of rotatable bonds is 6. The van der Waals surface area contributed by atoms with E-state index in [9.17, 15) is 4.79 Å². The quantitative estimate of drug-likeness (QED) is 0.788. The summed E-state index contributed by atoms with van der Waals surface area (Å²) in [4.78, 5) is 13.1. The van der Waals surface area contributed by atoms with Gasteiger partial charge in [0.2, 0.25) is 5.91 Å². The van der Waals surface area contributed by atoms with E-state index in [4.69, 9.17) is 10.5 Å². The Morgan fingerprint density at radius 1 is 1.38 bits per heavy atom. The summed E-state index contributed by atoms with van der Waals surface area (Å²) in [7, 11) is 1.68. The second kappa shape index (κ2) is 6.12. The first kappa shape index (κ1) is 12.5. The first-order chi connectivity index (χ1) is 7.69. The molecular formula is C12H18N2O2. The molecule has 0 aromatic heterocycles. The molecule has 0 saturated carbocycles. The van der Waals surface area contributed by atoms with Crippen LogP contribution in [0.1, 0.15) is 17.3 Å². The summed E-state index contributed by atoms with van der Waals surface area (Å²) >= 11 is 0. The zero-order valence-electron chi connectivity index (χ0n) is 9.77. The number of carbonyl (C=O) groups is 1. The Morgan fingerprint density at radius 3 is 2.44 bits per heavy atom. The van der Waals surface area contributed by atoms with E-state index < -0.39 is 5.91 Å². The number of benzene rings is 1. The van der Waals surface area contributed by atoms with Gasteiger partial charge >= 0.3 is 0 Å². The maximum Gasteiger partial charge on any atom is 0.248 e. The normalized spacial score (nSPS) is 10.1. The molecule has 1 aromatic carbocycles. The second-order valence-corrected chi connectivity index (χ2v) is 3.48. The molecule has 0 radical (unpaired) electrons. The highest BCUT2D eigenvalue weighted by atomic mass is 16.5. The molecule has 4 nitrogen and oxygen atoms in total. The van der Waals surface area contributed by atoms with Crippen molar-refractivity contribution in [1.82, 2.24) is 0 Å². The Balaban J connectivity index is 2.74. The van der Waals surface area contributed by atoms with Gasteiger partial charge < -0.3 is 15.4 Å². The van der Waals surface area contributed by atoms with Crippen LogP contribution in [0.3, 0.4) is 0 Å². The summed E-state index contributed by atoms with van der Waals surface area (Å²) in [5.74, 6) is -0.397. The number of primary amides is 1. The van der Waals surface area contributed by atoms with E-state index >= 15 is 0 Å². The standard InChI is InChI=1S/C12H18N2O2/c1-3-14(8-9-16-2)11-6-4-10(5-7-11)12(13)15/h4-7H,3,8-9H2,1-2H3,(H2,13,15). The Morgan fingerprint density at radius 2 is 2.00 bits per heavy atom. The lowest BCUT2D eigenvalue weighted by molar-refractivity contribution is 0.100. The highest BCUT2D eigenvalue weighted by Crippen LogP contribution is 2.14. The minimum Gasteiger partial charge on any atom is -0.383 e. The molecular weight excluding hydrogens is 204 g/mol. The van der Waals surface area contributed by atoms with Crippen molar-refractivity contribution < 1.29 is 9.53 Å². The molecule has 0 saturated heterocycles. The third kappa shape index (κ3) is 3.24. The zero-order valence-corrected chi connectivity index (χ0v) is 9.77. The number of hydrogen-bond donors (Lipinski definition) is 1. The third-order valence-corrected chi connectivity index (χ3v) is 2.46. The van der Waals surface area contributed by atoms with Crippen LogP contribution in [0.5, 0.6) is 0 Å². The van der Waals surface area contributed by atoms with E-state index in [0.29, 0.717) is 12.2 Å². The van der Waals surface area contributed by atoms with Crippen LogP contribution in [-0.4, -0.2) is 32.7 Å². The average molecular weight is 222 g/mol. The van der Waals surface area contributed by atoms with Crippen molar-refractivity contribution in [2.24, 2.45) is 5.73 Å². The lowest BCUT2D eigenvalue weighted by Gasteiger charge is -2.22. The smallest absolute Gasteiger partial charge is 0.248 e. The average Bonchev–Trinajstić information content (AvgIpc) is 2.30. The van der Waals surface area contributed by atoms with Crippen LogP contribution < -0.4 is 10.6 Å². The highest BCUT2D eigenvalue weighted by molar-refractivity contribution is 5.93. The Bertz CT molecular complexity index is 335. The molecule has 4 heteroatoms. The number of methoxy groups -OCH3 is 1. The number of amides is 1. The van der Waals surface area contributed by atoms with E-state index in [-0.39, 0.29) is 0 Å². The zero-order chi connectivity index (χ0) is 12.0. The number of anilines is 1. The Kier molecular flexibility index (Phi) is 4.79. The van der Waals surface area contributed by atoms with Gasteiger partial charge in [-0.25, -0.2) is 0 Å². The van der Waals surface area contributed by atoms with E-state index in [1.54, 1.807) is 19.2 Å². The van der Waals surface area contributed by atoms with Gasteiger partial charge in [-0.05, 0) is 31.2 Å². The van der Waals surface area contributed by atoms with Gasteiger partial charge in [0.15, 0.2) is 0 Å². The molecule has 16 heavy (non-hydrogen) atoms. The largest absolute Gasteiger partial charge is 0.383 e. The fourth-order valence-corrected chi connectivity index (χ4v) is 1.51. The molecule has 0 unspecified atom stereocenters. The van der Waals surface area contributed by atoms with Gasteiger partial charge in [-0.3, -0.25) is 4.79 Å². The van der Waals surface area contributed by atoms with Crippen LogP contribution in [-0.2, 0) is 4.74 Å². The maximum atomic E-state index is 10.9. The number of nitrogens with two attached hydrogens (primary N) is 1. The van der Waals surface area contributed by atoms with Crippen molar-refractivity contribution in [3.05, 3.63) is 29.8 Å². The van der Waals surface area contributed by atoms with Crippen molar-refractivity contribution >= 4 is 11.6 Å². The molecule has 88 valence electrons. The molecule has 0 aliphatic rings. The van der Waals surface area contributed by atoms with Crippen LogP contribution in [0.15, 0.2) is 24.3 Å². The van der Waals surface area contributed by atoms with Crippen molar-refractivity contribution in [2.45, 2.75) is 6.92 Å². The van der Waals surface area contributed by atoms with E-state index in [2.05, 4.69) is 11.8 Å². The number of hydrogen-bond acceptors (Lipinski definition) is 3. The van der Waals surface area contributed by atoms with Gasteiger partial charge in [0.25, 0.3) is 0 Å². The van der Waals surface area contributed by atoms with E-state index in [1.165, 1.54) is 0 Å². The van der Waals surface area contributed by atoms with Gasteiger partial charge in [0.05, 0.1) is 6.61 Å². The summed E-state index contributed by atoms with van der Waals surface area (Å²) in [6.45, 7) is 4.51. The summed E-state index contributed by atoms with van der Waals surface area (Å²) in [6.07, 6.45) is 0. The van der Waals surface area contributed by atoms with Crippen molar-refractivity contribution in [1.29, 1.82) is 0 Å². The predicted octanol–water partition coefficient (Wildman–Crippen LogP) is 1.26. The van der Waals surface area contributed by atoms with Crippen LogP contribution in [0.25, 0.3) is 0 Å². The summed E-state index contributed by atoms with van der Waals surface area (Å²) in [5.41, 5.74) is 6.79. The molecule has 0 atom stereocenters. The first-order valence-corrected chi connectivity index (χ1v) is 5.32. The van der Waals surface area contributed by atoms with Crippen LogP contribution in [0, 0.1) is 0 Å². The highest BCUT2D eigenvalue weighted by Gasteiger charge is 2.05.